The van der Waals surface area contributed by atoms with Gasteiger partial charge in [-0.25, -0.2) is 9.69 Å². The first-order chi connectivity index (χ1) is 8.70. The summed E-state index contributed by atoms with van der Waals surface area (Å²) in [6.07, 6.45) is 6.34. The van der Waals surface area contributed by atoms with Crippen molar-refractivity contribution in [3.8, 4) is 0 Å². The summed E-state index contributed by atoms with van der Waals surface area (Å²) in [7, 11) is 0. The maximum absolute atomic E-state index is 12.4. The minimum Gasteiger partial charge on any atom is -0.309 e. The molecule has 5 heteroatoms. The fraction of sp³-hybridized carbons (Fsp3) is 0.462. The Kier molecular flexibility index (Phi) is 2.54. The fourth-order valence-corrected chi connectivity index (χ4v) is 2.55. The molecule has 0 unspecified atom stereocenters. The fourth-order valence-electron chi connectivity index (χ4n) is 2.55. The highest BCUT2D eigenvalue weighted by molar-refractivity contribution is 6.21. The zero-order chi connectivity index (χ0) is 12.7. The molecular formula is C13H15N3O2. The average Bonchev–Trinajstić information content (AvgIpc) is 2.53. The molecule has 1 atom stereocenters. The first-order valence-corrected chi connectivity index (χ1v) is 6.26. The van der Waals surface area contributed by atoms with Crippen LogP contribution < -0.4 is 4.90 Å². The van der Waals surface area contributed by atoms with Crippen LogP contribution in [-0.4, -0.2) is 33.9 Å². The van der Waals surface area contributed by atoms with E-state index in [9.17, 15) is 9.59 Å². The molecule has 1 aromatic heterocycles. The van der Waals surface area contributed by atoms with Crippen molar-refractivity contribution in [3.05, 3.63) is 24.5 Å². The second kappa shape index (κ2) is 4.08. The molecule has 0 radical (unpaired) electrons. The van der Waals surface area contributed by atoms with Crippen LogP contribution in [0.15, 0.2) is 24.5 Å². The molecule has 1 saturated heterocycles. The highest BCUT2D eigenvalue weighted by atomic mass is 16.2. The summed E-state index contributed by atoms with van der Waals surface area (Å²) in [6, 6.07) is 3.07. The number of hydrogen-bond acceptors (Lipinski definition) is 3. The third-order valence-corrected chi connectivity index (χ3v) is 3.80. The first-order valence-electron chi connectivity index (χ1n) is 6.26. The molecule has 0 bridgehead atoms. The molecule has 1 aliphatic carbocycles. The van der Waals surface area contributed by atoms with Crippen molar-refractivity contribution in [3.63, 3.8) is 0 Å². The van der Waals surface area contributed by atoms with Gasteiger partial charge in [-0.15, -0.1) is 0 Å². The van der Waals surface area contributed by atoms with Gasteiger partial charge in [-0.05, 0) is 38.3 Å². The molecule has 1 aromatic rings. The summed E-state index contributed by atoms with van der Waals surface area (Å²) in [5, 5.41) is 0. The molecule has 94 valence electrons. The van der Waals surface area contributed by atoms with Gasteiger partial charge >= 0.3 is 6.03 Å². The van der Waals surface area contributed by atoms with Gasteiger partial charge in [-0.2, -0.15) is 0 Å². The normalized spacial score (nSPS) is 24.6. The number of nitrogens with zero attached hydrogens (tertiary/aromatic N) is 3. The van der Waals surface area contributed by atoms with Crippen molar-refractivity contribution < 1.29 is 9.59 Å². The van der Waals surface area contributed by atoms with Crippen molar-refractivity contribution >= 4 is 17.6 Å². The topological polar surface area (TPSA) is 53.5 Å². The van der Waals surface area contributed by atoms with Gasteiger partial charge in [0.15, 0.2) is 0 Å². The molecule has 3 amide bonds. The van der Waals surface area contributed by atoms with Gasteiger partial charge in [0.2, 0.25) is 0 Å². The van der Waals surface area contributed by atoms with E-state index >= 15 is 0 Å². The smallest absolute Gasteiger partial charge is 0.309 e. The maximum atomic E-state index is 12.4. The molecular weight excluding hydrogens is 230 g/mol. The Morgan fingerprint density at radius 2 is 1.89 bits per heavy atom. The molecule has 1 saturated carbocycles. The van der Waals surface area contributed by atoms with Gasteiger partial charge in [0.1, 0.15) is 6.04 Å². The van der Waals surface area contributed by atoms with E-state index in [1.165, 1.54) is 4.90 Å². The lowest BCUT2D eigenvalue weighted by atomic mass is 9.91. The largest absolute Gasteiger partial charge is 0.332 e. The van der Waals surface area contributed by atoms with E-state index in [1.54, 1.807) is 36.4 Å². The van der Waals surface area contributed by atoms with Crippen LogP contribution in [0.4, 0.5) is 10.5 Å². The van der Waals surface area contributed by atoms with E-state index in [4.69, 9.17) is 0 Å². The Morgan fingerprint density at radius 3 is 2.44 bits per heavy atom. The maximum Gasteiger partial charge on any atom is 0.332 e. The monoisotopic (exact) mass is 245 g/mol. The minimum absolute atomic E-state index is 0.141. The highest BCUT2D eigenvalue weighted by Crippen LogP contribution is 2.33. The summed E-state index contributed by atoms with van der Waals surface area (Å²) in [6.45, 7) is 1.81. The number of imide groups is 1. The van der Waals surface area contributed by atoms with Crippen LogP contribution in [-0.2, 0) is 4.79 Å². The molecule has 0 spiro atoms. The molecule has 3 rings (SSSR count). The Hall–Kier alpha value is -1.91. The van der Waals surface area contributed by atoms with Crippen LogP contribution >= 0.6 is 0 Å². The molecule has 5 nitrogen and oxygen atoms in total. The third kappa shape index (κ3) is 1.50. The Morgan fingerprint density at radius 1 is 1.22 bits per heavy atom. The number of urea groups is 1. The lowest BCUT2D eigenvalue weighted by Gasteiger charge is -2.35. The SMILES string of the molecule is C[C@H]1C(=O)N(c2ccncc2)C(=O)N1C1CCC1. The van der Waals surface area contributed by atoms with Crippen LogP contribution in [0.2, 0.25) is 0 Å². The van der Waals surface area contributed by atoms with Gasteiger partial charge in [0.05, 0.1) is 5.69 Å². The zero-order valence-corrected chi connectivity index (χ0v) is 10.2. The minimum atomic E-state index is -0.351. The summed E-state index contributed by atoms with van der Waals surface area (Å²) >= 11 is 0. The predicted octanol–water partition coefficient (Wildman–Crippen LogP) is 1.79. The van der Waals surface area contributed by atoms with Crippen LogP contribution in [0, 0.1) is 0 Å². The van der Waals surface area contributed by atoms with Crippen LogP contribution in [0.25, 0.3) is 0 Å². The first kappa shape index (κ1) is 11.2. The van der Waals surface area contributed by atoms with Gasteiger partial charge in [0.25, 0.3) is 5.91 Å². The van der Waals surface area contributed by atoms with Crippen molar-refractivity contribution in [2.24, 2.45) is 0 Å². The van der Waals surface area contributed by atoms with Crippen LogP contribution in [0.5, 0.6) is 0 Å². The van der Waals surface area contributed by atoms with Crippen molar-refractivity contribution in [1.82, 2.24) is 9.88 Å². The molecule has 1 aliphatic heterocycles. The summed E-state index contributed by atoms with van der Waals surface area (Å²) in [4.78, 5) is 31.5. The van der Waals surface area contributed by atoms with Crippen molar-refractivity contribution in [2.45, 2.75) is 38.3 Å². The Labute approximate surface area is 105 Å². The Balaban J connectivity index is 1.92. The molecule has 2 heterocycles. The molecule has 0 N–H and O–H groups in total. The van der Waals surface area contributed by atoms with Gasteiger partial charge < -0.3 is 4.90 Å². The van der Waals surface area contributed by atoms with Crippen LogP contribution in [0.1, 0.15) is 26.2 Å². The quantitative estimate of drug-likeness (QED) is 0.746. The van der Waals surface area contributed by atoms with Gasteiger partial charge in [-0.3, -0.25) is 9.78 Å². The lowest BCUT2D eigenvalue weighted by molar-refractivity contribution is -0.119. The van der Waals surface area contributed by atoms with Gasteiger partial charge in [-0.1, -0.05) is 0 Å². The number of carbonyl (C=O) groups is 2. The lowest BCUT2D eigenvalue weighted by Crippen LogP contribution is -2.45. The molecule has 0 aromatic carbocycles. The standard InChI is InChI=1S/C13H15N3O2/c1-9-12(17)16(11-5-7-14-8-6-11)13(18)15(9)10-3-2-4-10/h5-10H,2-4H2,1H3/t9-/m0/s1. The second-order valence-electron chi connectivity index (χ2n) is 4.83. The number of aromatic nitrogens is 1. The number of anilines is 1. The van der Waals surface area contributed by atoms with E-state index in [0.29, 0.717) is 5.69 Å². The van der Waals surface area contributed by atoms with E-state index in [0.717, 1.165) is 19.3 Å². The van der Waals surface area contributed by atoms with Crippen molar-refractivity contribution in [2.75, 3.05) is 4.90 Å². The second-order valence-corrected chi connectivity index (χ2v) is 4.83. The van der Waals surface area contributed by atoms with Crippen molar-refractivity contribution in [1.29, 1.82) is 0 Å². The van der Waals surface area contributed by atoms with E-state index in [2.05, 4.69) is 4.98 Å². The average molecular weight is 245 g/mol. The Bertz CT molecular complexity index is 484. The molecule has 2 aliphatic rings. The van der Waals surface area contributed by atoms with E-state index in [1.807, 2.05) is 0 Å². The number of carbonyl (C=O) groups excluding carboxylic acids is 2. The summed E-state index contributed by atoms with van der Waals surface area (Å²) in [5.41, 5.74) is 0.605. The zero-order valence-electron chi connectivity index (χ0n) is 10.2. The van der Waals surface area contributed by atoms with Crippen LogP contribution in [0.3, 0.4) is 0 Å². The third-order valence-electron chi connectivity index (χ3n) is 3.80. The van der Waals surface area contributed by atoms with Gasteiger partial charge in [0, 0.05) is 18.4 Å². The highest BCUT2D eigenvalue weighted by Gasteiger charge is 2.47. The van der Waals surface area contributed by atoms with E-state index < -0.39 is 0 Å². The van der Waals surface area contributed by atoms with E-state index in [-0.39, 0.29) is 24.0 Å². The number of hydrogen-bond donors (Lipinski definition) is 0. The number of rotatable bonds is 2. The summed E-state index contributed by atoms with van der Waals surface area (Å²) < 4.78 is 0. The summed E-state index contributed by atoms with van der Waals surface area (Å²) in [5.74, 6) is -0.141. The number of amides is 3. The number of pyridine rings is 1. The predicted molar refractivity (Wildman–Crippen MR) is 66.1 cm³/mol. The molecule has 2 fully saturated rings. The molecule has 18 heavy (non-hydrogen) atoms.